The van der Waals surface area contributed by atoms with Crippen LogP contribution >= 0.6 is 0 Å². The van der Waals surface area contributed by atoms with Crippen LogP contribution in [0.3, 0.4) is 0 Å². The number of hydrogen-bond donors (Lipinski definition) is 2. The van der Waals surface area contributed by atoms with E-state index in [9.17, 15) is 0 Å². The molecule has 1 aromatic heterocycles. The molecule has 3 heterocycles. The van der Waals surface area contributed by atoms with Gasteiger partial charge in [-0.3, -0.25) is 0 Å². The van der Waals surface area contributed by atoms with E-state index in [1.165, 1.54) is 23.1 Å². The molecule has 0 spiro atoms. The summed E-state index contributed by atoms with van der Waals surface area (Å²) in [6.45, 7) is 7.15. The molecule has 2 aliphatic heterocycles. The van der Waals surface area contributed by atoms with Gasteiger partial charge in [0.1, 0.15) is 11.6 Å². The summed E-state index contributed by atoms with van der Waals surface area (Å²) in [6, 6.07) is 6.39. The smallest absolute Gasteiger partial charge is 0.229 e. The highest BCUT2D eigenvalue weighted by atomic mass is 16.5. The van der Waals surface area contributed by atoms with Crippen LogP contribution in [0.2, 0.25) is 0 Å². The third-order valence-corrected chi connectivity index (χ3v) is 5.61. The van der Waals surface area contributed by atoms with Crippen molar-refractivity contribution in [3.8, 4) is 5.75 Å². The van der Waals surface area contributed by atoms with E-state index in [0.717, 1.165) is 55.5 Å². The van der Waals surface area contributed by atoms with Crippen molar-refractivity contribution in [3.05, 3.63) is 41.1 Å². The first kappa shape index (κ1) is 19.7. The first-order chi connectivity index (χ1) is 14.0. The summed E-state index contributed by atoms with van der Waals surface area (Å²) in [6.07, 6.45) is 5.54. The fraction of sp³-hybridized carbons (Fsp3) is 0.478. The highest BCUT2D eigenvalue weighted by Gasteiger charge is 2.21. The van der Waals surface area contributed by atoms with Crippen molar-refractivity contribution in [2.45, 2.75) is 39.0 Å². The number of anilines is 3. The molecular weight excluding hydrogens is 362 g/mol. The number of allylic oxidation sites excluding steroid dienone is 1. The van der Waals surface area contributed by atoms with Gasteiger partial charge in [-0.25, -0.2) is 4.98 Å². The predicted octanol–water partition coefficient (Wildman–Crippen LogP) is 4.43. The Hall–Kier alpha value is -2.60. The molecule has 0 aliphatic carbocycles. The van der Waals surface area contributed by atoms with Crippen molar-refractivity contribution in [2.24, 2.45) is 0 Å². The van der Waals surface area contributed by atoms with Gasteiger partial charge >= 0.3 is 0 Å². The highest BCUT2D eigenvalue weighted by molar-refractivity contribution is 5.77. The molecular formula is C23H31N5O. The summed E-state index contributed by atoms with van der Waals surface area (Å²) in [4.78, 5) is 11.7. The molecule has 1 aromatic carbocycles. The molecule has 6 nitrogen and oxygen atoms in total. The number of aromatic nitrogens is 2. The lowest BCUT2D eigenvalue weighted by atomic mass is 9.97. The Morgan fingerprint density at radius 1 is 1.14 bits per heavy atom. The normalized spacial score (nSPS) is 16.8. The summed E-state index contributed by atoms with van der Waals surface area (Å²) < 4.78 is 6.02. The van der Waals surface area contributed by atoms with Gasteiger partial charge in [-0.1, -0.05) is 19.9 Å². The Labute approximate surface area is 173 Å². The third kappa shape index (κ3) is 4.37. The van der Waals surface area contributed by atoms with Crippen molar-refractivity contribution in [1.29, 1.82) is 0 Å². The summed E-state index contributed by atoms with van der Waals surface area (Å²) in [5.41, 5.74) is 5.89. The lowest BCUT2D eigenvalue weighted by Crippen LogP contribution is -2.17. The fourth-order valence-electron chi connectivity index (χ4n) is 3.94. The average molecular weight is 394 g/mol. The van der Waals surface area contributed by atoms with Gasteiger partial charge in [-0.05, 0) is 50.1 Å². The van der Waals surface area contributed by atoms with Crippen LogP contribution in [0, 0.1) is 0 Å². The quantitative estimate of drug-likeness (QED) is 0.784. The molecule has 154 valence electrons. The summed E-state index contributed by atoms with van der Waals surface area (Å²) in [5, 5.41) is 6.59. The van der Waals surface area contributed by atoms with E-state index in [1.54, 1.807) is 0 Å². The predicted molar refractivity (Wildman–Crippen MR) is 119 cm³/mol. The molecule has 29 heavy (non-hydrogen) atoms. The maximum atomic E-state index is 6.02. The Kier molecular flexibility index (Phi) is 5.72. The molecule has 2 aliphatic rings. The van der Waals surface area contributed by atoms with Crippen LogP contribution in [0.4, 0.5) is 17.5 Å². The van der Waals surface area contributed by atoms with Gasteiger partial charge in [0.05, 0.1) is 12.3 Å². The van der Waals surface area contributed by atoms with Gasteiger partial charge in [0.2, 0.25) is 5.95 Å². The lowest BCUT2D eigenvalue weighted by Gasteiger charge is -2.15. The second kappa shape index (κ2) is 8.41. The number of benzene rings is 1. The van der Waals surface area contributed by atoms with E-state index in [1.807, 2.05) is 13.1 Å². The lowest BCUT2D eigenvalue weighted by molar-refractivity contribution is 0.356. The van der Waals surface area contributed by atoms with E-state index in [0.29, 0.717) is 11.9 Å². The van der Waals surface area contributed by atoms with Gasteiger partial charge in [0.25, 0.3) is 0 Å². The second-order valence-electron chi connectivity index (χ2n) is 8.24. The zero-order valence-electron chi connectivity index (χ0n) is 17.9. The van der Waals surface area contributed by atoms with E-state index < -0.39 is 0 Å². The molecule has 0 bridgehead atoms. The molecule has 0 saturated carbocycles. The first-order valence-corrected chi connectivity index (χ1v) is 10.5. The molecule has 6 heteroatoms. The number of rotatable bonds is 5. The van der Waals surface area contributed by atoms with Crippen LogP contribution in [0.5, 0.6) is 5.75 Å². The van der Waals surface area contributed by atoms with E-state index in [-0.39, 0.29) is 0 Å². The van der Waals surface area contributed by atoms with Crippen LogP contribution in [0.1, 0.15) is 49.4 Å². The van der Waals surface area contributed by atoms with Gasteiger partial charge < -0.3 is 20.3 Å². The van der Waals surface area contributed by atoms with Gasteiger partial charge in [0, 0.05) is 42.9 Å². The summed E-state index contributed by atoms with van der Waals surface area (Å²) in [7, 11) is 4.06. The second-order valence-corrected chi connectivity index (χ2v) is 8.24. The monoisotopic (exact) mass is 393 g/mol. The Balaban J connectivity index is 1.70. The Bertz CT molecular complexity index is 922. The van der Waals surface area contributed by atoms with Crippen molar-refractivity contribution in [1.82, 2.24) is 14.9 Å². The number of nitrogens with one attached hydrogen (secondary N) is 2. The molecule has 0 unspecified atom stereocenters. The van der Waals surface area contributed by atoms with Crippen LogP contribution in [-0.2, 0) is 6.42 Å². The van der Waals surface area contributed by atoms with Crippen LogP contribution < -0.4 is 15.4 Å². The van der Waals surface area contributed by atoms with Gasteiger partial charge in [-0.2, -0.15) is 4.98 Å². The minimum Gasteiger partial charge on any atom is -0.492 e. The number of hydrogen-bond acceptors (Lipinski definition) is 6. The van der Waals surface area contributed by atoms with Crippen LogP contribution in [0.25, 0.3) is 5.57 Å². The number of likely N-dealkylation sites (N-methyl/N-ethyl adjacent to an activating group) is 1. The SMILES string of the molecule is CNc1cc(C(C)C)nc(Nc2cc3c(c(C4=CCN(C)CCC4)c2)OCC3)n1. The fourth-order valence-corrected chi connectivity index (χ4v) is 3.94. The third-order valence-electron chi connectivity index (χ3n) is 5.61. The van der Waals surface area contributed by atoms with Crippen molar-refractivity contribution in [3.63, 3.8) is 0 Å². The molecule has 2 N–H and O–H groups in total. The van der Waals surface area contributed by atoms with Crippen LogP contribution in [-0.4, -0.2) is 48.7 Å². The zero-order valence-corrected chi connectivity index (χ0v) is 17.9. The first-order valence-electron chi connectivity index (χ1n) is 10.5. The zero-order chi connectivity index (χ0) is 20.4. The molecule has 4 rings (SSSR count). The molecule has 0 atom stereocenters. The van der Waals surface area contributed by atoms with Crippen LogP contribution in [0.15, 0.2) is 24.3 Å². The Morgan fingerprint density at radius 3 is 2.79 bits per heavy atom. The highest BCUT2D eigenvalue weighted by Crippen LogP contribution is 2.39. The maximum Gasteiger partial charge on any atom is 0.229 e. The standard InChI is InChI=1S/C23H31N5O/c1-15(2)20-14-21(24-3)27-23(26-20)25-18-12-17-8-11-29-22(17)19(13-18)16-6-5-9-28(4)10-7-16/h7,12-15H,5-6,8-11H2,1-4H3,(H2,24,25,26,27). The van der Waals surface area contributed by atoms with Crippen molar-refractivity contribution >= 4 is 23.0 Å². The maximum absolute atomic E-state index is 6.02. The Morgan fingerprint density at radius 2 is 2.00 bits per heavy atom. The molecule has 2 aromatic rings. The van der Waals surface area contributed by atoms with E-state index in [2.05, 4.69) is 59.6 Å². The number of nitrogens with zero attached hydrogens (tertiary/aromatic N) is 3. The summed E-state index contributed by atoms with van der Waals surface area (Å²) >= 11 is 0. The van der Waals surface area contributed by atoms with E-state index >= 15 is 0 Å². The number of ether oxygens (including phenoxy) is 1. The topological polar surface area (TPSA) is 62.3 Å². The minimum atomic E-state index is 0.336. The number of fused-ring (bicyclic) bond motifs is 1. The van der Waals surface area contributed by atoms with Gasteiger partial charge in [-0.15, -0.1) is 0 Å². The van der Waals surface area contributed by atoms with Crippen molar-refractivity contribution < 1.29 is 4.74 Å². The molecule has 0 fully saturated rings. The van der Waals surface area contributed by atoms with E-state index in [4.69, 9.17) is 9.72 Å². The van der Waals surface area contributed by atoms with Crippen molar-refractivity contribution in [2.75, 3.05) is 44.4 Å². The average Bonchev–Trinajstić information content (AvgIpc) is 3.07. The summed E-state index contributed by atoms with van der Waals surface area (Å²) in [5.74, 6) is 2.84. The largest absolute Gasteiger partial charge is 0.492 e. The van der Waals surface area contributed by atoms with Gasteiger partial charge in [0.15, 0.2) is 0 Å². The molecule has 0 saturated heterocycles. The molecule has 0 radical (unpaired) electrons. The molecule has 0 amide bonds. The minimum absolute atomic E-state index is 0.336.